The second kappa shape index (κ2) is 5.23. The Morgan fingerprint density at radius 3 is 2.39 bits per heavy atom. The first kappa shape index (κ1) is 11.9. The van der Waals surface area contributed by atoms with Crippen LogP contribution in [0, 0.1) is 6.92 Å². The highest BCUT2D eigenvalue weighted by Crippen LogP contribution is 2.33. The summed E-state index contributed by atoms with van der Waals surface area (Å²) in [6, 6.07) is 9.09. The third kappa shape index (κ3) is 2.49. The van der Waals surface area contributed by atoms with E-state index in [9.17, 15) is 0 Å². The van der Waals surface area contributed by atoms with Crippen molar-refractivity contribution in [1.29, 1.82) is 0 Å². The zero-order valence-electron chi connectivity index (χ0n) is 10.9. The van der Waals surface area contributed by atoms with E-state index in [4.69, 9.17) is 0 Å². The molecule has 0 N–H and O–H groups in total. The molecule has 2 heteroatoms. The summed E-state index contributed by atoms with van der Waals surface area (Å²) in [5, 5.41) is 3.26. The van der Waals surface area contributed by atoms with Gasteiger partial charge in [-0.05, 0) is 31.2 Å². The third-order valence-electron chi connectivity index (χ3n) is 3.85. The molecule has 2 aromatic rings. The molecule has 1 aliphatic rings. The molecule has 1 nitrogen and oxygen atoms in total. The topological polar surface area (TPSA) is 12.9 Å². The first-order chi connectivity index (χ1) is 8.83. The molecular formula is C16H19NS. The fourth-order valence-electron chi connectivity index (χ4n) is 2.82. The molecule has 0 saturated heterocycles. The van der Waals surface area contributed by atoms with Crippen LogP contribution in [0.4, 0.5) is 0 Å². The van der Waals surface area contributed by atoms with Gasteiger partial charge in [-0.2, -0.15) is 0 Å². The minimum Gasteiger partial charge on any atom is -0.241 e. The molecule has 1 saturated carbocycles. The molecular weight excluding hydrogens is 238 g/mol. The first-order valence-electron chi connectivity index (χ1n) is 6.85. The molecule has 0 aliphatic heterocycles. The van der Waals surface area contributed by atoms with Crippen molar-refractivity contribution in [2.24, 2.45) is 0 Å². The van der Waals surface area contributed by atoms with Gasteiger partial charge in [0.05, 0.1) is 0 Å². The van der Waals surface area contributed by atoms with E-state index in [1.165, 1.54) is 43.2 Å². The SMILES string of the molecule is Cc1csc(-c2ccc(C3CCCCC3)cc2)n1. The molecule has 0 bridgehead atoms. The van der Waals surface area contributed by atoms with E-state index in [0.29, 0.717) is 0 Å². The van der Waals surface area contributed by atoms with Crippen molar-refractivity contribution in [2.45, 2.75) is 44.9 Å². The Balaban J connectivity index is 1.80. The van der Waals surface area contributed by atoms with Crippen LogP contribution in [-0.4, -0.2) is 4.98 Å². The maximum absolute atomic E-state index is 4.54. The number of aromatic nitrogens is 1. The van der Waals surface area contributed by atoms with E-state index < -0.39 is 0 Å². The molecule has 1 aliphatic carbocycles. The Morgan fingerprint density at radius 2 is 1.78 bits per heavy atom. The summed E-state index contributed by atoms with van der Waals surface area (Å²) in [5.41, 5.74) is 3.89. The van der Waals surface area contributed by atoms with Crippen LogP contribution in [0.15, 0.2) is 29.6 Å². The minimum absolute atomic E-state index is 0.797. The van der Waals surface area contributed by atoms with E-state index in [2.05, 4.69) is 41.6 Å². The Labute approximate surface area is 113 Å². The number of hydrogen-bond donors (Lipinski definition) is 0. The average molecular weight is 257 g/mol. The van der Waals surface area contributed by atoms with E-state index in [-0.39, 0.29) is 0 Å². The van der Waals surface area contributed by atoms with Crippen molar-refractivity contribution in [3.63, 3.8) is 0 Å². The Hall–Kier alpha value is -1.15. The lowest BCUT2D eigenvalue weighted by Gasteiger charge is -2.21. The molecule has 1 aromatic heterocycles. The van der Waals surface area contributed by atoms with Gasteiger partial charge in [-0.1, -0.05) is 43.5 Å². The lowest BCUT2D eigenvalue weighted by atomic mass is 9.84. The molecule has 0 amide bonds. The fraction of sp³-hybridized carbons (Fsp3) is 0.438. The van der Waals surface area contributed by atoms with Gasteiger partial charge in [-0.25, -0.2) is 4.98 Å². The maximum Gasteiger partial charge on any atom is 0.123 e. The monoisotopic (exact) mass is 257 g/mol. The maximum atomic E-state index is 4.54. The van der Waals surface area contributed by atoms with Gasteiger partial charge in [-0.3, -0.25) is 0 Å². The lowest BCUT2D eigenvalue weighted by Crippen LogP contribution is -2.04. The molecule has 0 spiro atoms. The van der Waals surface area contributed by atoms with Crippen LogP contribution < -0.4 is 0 Å². The predicted octanol–water partition coefficient (Wildman–Crippen LogP) is 5.17. The largest absolute Gasteiger partial charge is 0.241 e. The first-order valence-corrected chi connectivity index (χ1v) is 7.73. The van der Waals surface area contributed by atoms with Crippen molar-refractivity contribution in [2.75, 3.05) is 0 Å². The van der Waals surface area contributed by atoms with E-state index in [1.807, 2.05) is 0 Å². The summed E-state index contributed by atoms with van der Waals surface area (Å²) < 4.78 is 0. The van der Waals surface area contributed by atoms with Gasteiger partial charge in [0.25, 0.3) is 0 Å². The van der Waals surface area contributed by atoms with Crippen molar-refractivity contribution in [3.05, 3.63) is 40.9 Å². The summed E-state index contributed by atoms with van der Waals surface area (Å²) in [6.07, 6.45) is 6.97. The van der Waals surface area contributed by atoms with Crippen molar-refractivity contribution >= 4 is 11.3 Å². The Morgan fingerprint density at radius 1 is 1.06 bits per heavy atom. The van der Waals surface area contributed by atoms with Gasteiger partial charge in [0.2, 0.25) is 0 Å². The number of benzene rings is 1. The van der Waals surface area contributed by atoms with Crippen LogP contribution in [0.3, 0.4) is 0 Å². The molecule has 94 valence electrons. The smallest absolute Gasteiger partial charge is 0.123 e. The molecule has 0 unspecified atom stereocenters. The van der Waals surface area contributed by atoms with E-state index >= 15 is 0 Å². The summed E-state index contributed by atoms with van der Waals surface area (Å²) >= 11 is 1.73. The summed E-state index contributed by atoms with van der Waals surface area (Å²) in [7, 11) is 0. The molecule has 0 radical (unpaired) electrons. The molecule has 18 heavy (non-hydrogen) atoms. The van der Waals surface area contributed by atoms with E-state index in [0.717, 1.165) is 16.6 Å². The standard InChI is InChI=1S/C16H19NS/c1-12-11-18-16(17-12)15-9-7-14(8-10-15)13-5-3-2-4-6-13/h7-11,13H,2-6H2,1H3. The summed E-state index contributed by atoms with van der Waals surface area (Å²) in [4.78, 5) is 4.54. The highest BCUT2D eigenvalue weighted by molar-refractivity contribution is 7.13. The molecule has 0 atom stereocenters. The van der Waals surface area contributed by atoms with Gasteiger partial charge >= 0.3 is 0 Å². The molecule has 1 aromatic carbocycles. The average Bonchev–Trinajstić information content (AvgIpc) is 2.87. The molecule has 1 heterocycles. The number of rotatable bonds is 2. The van der Waals surface area contributed by atoms with Gasteiger partial charge in [0.15, 0.2) is 0 Å². The Kier molecular flexibility index (Phi) is 3.46. The van der Waals surface area contributed by atoms with Crippen LogP contribution in [0.25, 0.3) is 10.6 Å². The van der Waals surface area contributed by atoms with Gasteiger partial charge in [-0.15, -0.1) is 11.3 Å². The van der Waals surface area contributed by atoms with Crippen molar-refractivity contribution in [3.8, 4) is 10.6 Å². The summed E-state index contributed by atoms with van der Waals surface area (Å²) in [6.45, 7) is 2.05. The number of aryl methyl sites for hydroxylation is 1. The van der Waals surface area contributed by atoms with Crippen LogP contribution in [-0.2, 0) is 0 Å². The molecule has 3 rings (SSSR count). The number of thiazole rings is 1. The molecule has 1 fully saturated rings. The second-order valence-electron chi connectivity index (χ2n) is 5.25. The van der Waals surface area contributed by atoms with Gasteiger partial charge in [0.1, 0.15) is 5.01 Å². The van der Waals surface area contributed by atoms with Crippen LogP contribution in [0.1, 0.15) is 49.3 Å². The number of hydrogen-bond acceptors (Lipinski definition) is 2. The lowest BCUT2D eigenvalue weighted by molar-refractivity contribution is 0.443. The van der Waals surface area contributed by atoms with E-state index in [1.54, 1.807) is 11.3 Å². The number of nitrogens with zero attached hydrogens (tertiary/aromatic N) is 1. The quantitative estimate of drug-likeness (QED) is 0.723. The van der Waals surface area contributed by atoms with Crippen LogP contribution in [0.5, 0.6) is 0 Å². The van der Waals surface area contributed by atoms with Gasteiger partial charge < -0.3 is 0 Å². The predicted molar refractivity (Wildman–Crippen MR) is 78.1 cm³/mol. The van der Waals surface area contributed by atoms with Crippen LogP contribution in [0.2, 0.25) is 0 Å². The second-order valence-corrected chi connectivity index (χ2v) is 6.11. The van der Waals surface area contributed by atoms with Gasteiger partial charge in [0, 0.05) is 16.6 Å². The highest BCUT2D eigenvalue weighted by Gasteiger charge is 2.15. The minimum atomic E-state index is 0.797. The third-order valence-corrected chi connectivity index (χ3v) is 4.86. The van der Waals surface area contributed by atoms with Crippen LogP contribution >= 0.6 is 11.3 Å². The van der Waals surface area contributed by atoms with Crippen molar-refractivity contribution < 1.29 is 0 Å². The Bertz CT molecular complexity index is 506. The fourth-order valence-corrected chi connectivity index (χ4v) is 3.62. The van der Waals surface area contributed by atoms with Crippen molar-refractivity contribution in [1.82, 2.24) is 4.98 Å². The summed E-state index contributed by atoms with van der Waals surface area (Å²) in [5.74, 6) is 0.797. The normalized spacial score (nSPS) is 16.9. The zero-order chi connectivity index (χ0) is 12.4. The highest BCUT2D eigenvalue weighted by atomic mass is 32.1. The zero-order valence-corrected chi connectivity index (χ0v) is 11.7.